The van der Waals surface area contributed by atoms with Crippen molar-refractivity contribution in [2.24, 2.45) is 0 Å². The number of alkyl halides is 1. The molecule has 0 saturated carbocycles. The molecule has 0 unspecified atom stereocenters. The van der Waals surface area contributed by atoms with Gasteiger partial charge in [0.1, 0.15) is 11.0 Å². The molecule has 4 heteroatoms. The number of nitrogens with one attached hydrogen (secondary N) is 1. The second kappa shape index (κ2) is 4.37. The molecule has 0 saturated heterocycles. The summed E-state index contributed by atoms with van der Waals surface area (Å²) in [4.78, 5) is 0. The maximum Gasteiger partial charge on any atom is 0.113 e. The lowest BCUT2D eigenvalue weighted by Gasteiger charge is -1.91. The number of aromatic nitrogens is 3. The zero-order chi connectivity index (χ0) is 9.80. The summed E-state index contributed by atoms with van der Waals surface area (Å²) in [6.07, 6.45) is 5.27. The Morgan fingerprint density at radius 1 is 1.29 bits per heavy atom. The highest BCUT2D eigenvalue weighted by molar-refractivity contribution is 9.09. The van der Waals surface area contributed by atoms with Crippen LogP contribution >= 0.6 is 15.9 Å². The normalized spacial score (nSPS) is 11.5. The first-order chi connectivity index (χ1) is 6.90. The molecule has 0 radical (unpaired) electrons. The molecular weight excluding hydrogens is 242 g/mol. The third kappa shape index (κ3) is 2.01. The van der Waals surface area contributed by atoms with Crippen molar-refractivity contribution in [2.45, 2.75) is 6.42 Å². The number of allylic oxidation sites excluding steroid dienone is 1. The fraction of sp³-hybridized carbons (Fsp3) is 0.200. The van der Waals surface area contributed by atoms with Crippen LogP contribution in [0.15, 0.2) is 24.3 Å². The number of nitrogens with zero attached hydrogens (tertiary/aromatic N) is 2. The second-order valence-corrected chi connectivity index (χ2v) is 3.74. The summed E-state index contributed by atoms with van der Waals surface area (Å²) in [5.74, 6) is 0. The Hall–Kier alpha value is -1.16. The van der Waals surface area contributed by atoms with Crippen LogP contribution in [0.2, 0.25) is 0 Å². The molecule has 14 heavy (non-hydrogen) atoms. The minimum Gasteiger partial charge on any atom is -0.197 e. The van der Waals surface area contributed by atoms with Crippen LogP contribution in [0.25, 0.3) is 17.1 Å². The van der Waals surface area contributed by atoms with E-state index in [1.54, 1.807) is 0 Å². The van der Waals surface area contributed by atoms with E-state index in [9.17, 15) is 0 Å². The average Bonchev–Trinajstić information content (AvgIpc) is 2.65. The minimum atomic E-state index is 0.905. The van der Waals surface area contributed by atoms with Crippen molar-refractivity contribution < 1.29 is 0 Å². The van der Waals surface area contributed by atoms with E-state index in [1.807, 2.05) is 18.2 Å². The number of hydrogen-bond acceptors (Lipinski definition) is 2. The molecule has 1 N–H and O–H groups in total. The van der Waals surface area contributed by atoms with Crippen LogP contribution in [-0.2, 0) is 0 Å². The maximum atomic E-state index is 4.03. The zero-order valence-corrected chi connectivity index (χ0v) is 9.16. The van der Waals surface area contributed by atoms with E-state index in [1.165, 1.54) is 0 Å². The molecular formula is C10H10BrN3. The van der Waals surface area contributed by atoms with Gasteiger partial charge in [0.15, 0.2) is 0 Å². The van der Waals surface area contributed by atoms with Gasteiger partial charge in [0, 0.05) is 5.33 Å². The Bertz CT molecular complexity index is 447. The number of fused-ring (bicyclic) bond motifs is 1. The van der Waals surface area contributed by atoms with Gasteiger partial charge in [-0.3, -0.25) is 0 Å². The van der Waals surface area contributed by atoms with Gasteiger partial charge in [-0.15, -0.1) is 0 Å². The van der Waals surface area contributed by atoms with Crippen LogP contribution in [0.1, 0.15) is 12.0 Å². The first-order valence-corrected chi connectivity index (χ1v) is 5.55. The summed E-state index contributed by atoms with van der Waals surface area (Å²) in [5, 5.41) is 11.6. The molecule has 0 spiro atoms. The van der Waals surface area contributed by atoms with Gasteiger partial charge >= 0.3 is 0 Å². The summed E-state index contributed by atoms with van der Waals surface area (Å²) >= 11 is 3.38. The van der Waals surface area contributed by atoms with Crippen molar-refractivity contribution in [3.8, 4) is 0 Å². The van der Waals surface area contributed by atoms with Gasteiger partial charge in [0.05, 0.1) is 0 Å². The number of halogens is 1. The molecule has 0 aliphatic heterocycles. The third-order valence-electron chi connectivity index (χ3n) is 1.93. The summed E-state index contributed by atoms with van der Waals surface area (Å²) in [6.45, 7) is 0. The Morgan fingerprint density at radius 2 is 2.14 bits per heavy atom. The van der Waals surface area contributed by atoms with Gasteiger partial charge in [-0.05, 0) is 24.1 Å². The third-order valence-corrected chi connectivity index (χ3v) is 2.38. The Labute approximate surface area is 90.3 Å². The molecule has 1 aromatic carbocycles. The van der Waals surface area contributed by atoms with Crippen LogP contribution in [0.3, 0.4) is 0 Å². The highest BCUT2D eigenvalue weighted by atomic mass is 79.9. The van der Waals surface area contributed by atoms with E-state index in [-0.39, 0.29) is 0 Å². The van der Waals surface area contributed by atoms with Crippen molar-refractivity contribution in [1.29, 1.82) is 0 Å². The van der Waals surface area contributed by atoms with Crippen LogP contribution in [0.4, 0.5) is 0 Å². The van der Waals surface area contributed by atoms with Gasteiger partial charge < -0.3 is 0 Å². The Kier molecular flexibility index (Phi) is 2.93. The lowest BCUT2D eigenvalue weighted by atomic mass is 10.2. The molecule has 0 bridgehead atoms. The summed E-state index contributed by atoms with van der Waals surface area (Å²) in [7, 11) is 0. The SMILES string of the molecule is BrCCC=Cc1ccc2n[nH]nc2c1. The summed E-state index contributed by atoms with van der Waals surface area (Å²) in [6, 6.07) is 6.02. The van der Waals surface area contributed by atoms with E-state index >= 15 is 0 Å². The zero-order valence-electron chi connectivity index (χ0n) is 7.57. The number of benzene rings is 1. The van der Waals surface area contributed by atoms with Crippen LogP contribution < -0.4 is 0 Å². The first-order valence-electron chi connectivity index (χ1n) is 4.43. The van der Waals surface area contributed by atoms with Crippen LogP contribution in [0, 0.1) is 0 Å². The standard InChI is InChI=1S/C10H10BrN3/c11-6-2-1-3-8-4-5-9-10(7-8)13-14-12-9/h1,3-5,7H,2,6H2,(H,12,13,14). The Morgan fingerprint density at radius 3 is 3.00 bits per heavy atom. The van der Waals surface area contributed by atoms with E-state index in [0.29, 0.717) is 0 Å². The van der Waals surface area contributed by atoms with E-state index in [4.69, 9.17) is 0 Å². The minimum absolute atomic E-state index is 0.905. The molecule has 72 valence electrons. The highest BCUT2D eigenvalue weighted by Gasteiger charge is 1.96. The van der Waals surface area contributed by atoms with Crippen LogP contribution in [0.5, 0.6) is 0 Å². The molecule has 3 nitrogen and oxygen atoms in total. The van der Waals surface area contributed by atoms with Crippen LogP contribution in [-0.4, -0.2) is 20.7 Å². The van der Waals surface area contributed by atoms with Crippen molar-refractivity contribution >= 4 is 33.0 Å². The highest BCUT2D eigenvalue weighted by Crippen LogP contribution is 2.11. The second-order valence-electron chi connectivity index (χ2n) is 2.95. The number of hydrogen-bond donors (Lipinski definition) is 1. The molecule has 0 atom stereocenters. The van der Waals surface area contributed by atoms with Crippen molar-refractivity contribution in [3.63, 3.8) is 0 Å². The smallest absolute Gasteiger partial charge is 0.113 e. The predicted molar refractivity (Wildman–Crippen MR) is 61.3 cm³/mol. The van der Waals surface area contributed by atoms with Crippen molar-refractivity contribution in [2.75, 3.05) is 5.33 Å². The molecule has 2 aromatic rings. The topological polar surface area (TPSA) is 41.6 Å². The lowest BCUT2D eigenvalue weighted by Crippen LogP contribution is -1.74. The van der Waals surface area contributed by atoms with Gasteiger partial charge in [0.25, 0.3) is 0 Å². The van der Waals surface area contributed by atoms with E-state index in [0.717, 1.165) is 28.3 Å². The van der Waals surface area contributed by atoms with Gasteiger partial charge in [-0.1, -0.05) is 34.1 Å². The quantitative estimate of drug-likeness (QED) is 0.853. The Balaban J connectivity index is 2.25. The molecule has 2 rings (SSSR count). The lowest BCUT2D eigenvalue weighted by molar-refractivity contribution is 0.959. The van der Waals surface area contributed by atoms with Gasteiger partial charge in [-0.2, -0.15) is 15.4 Å². The maximum absolute atomic E-state index is 4.03. The van der Waals surface area contributed by atoms with Gasteiger partial charge in [0.2, 0.25) is 0 Å². The first kappa shape index (κ1) is 9.40. The van der Waals surface area contributed by atoms with E-state index in [2.05, 4.69) is 43.5 Å². The monoisotopic (exact) mass is 251 g/mol. The van der Waals surface area contributed by atoms with Gasteiger partial charge in [-0.25, -0.2) is 0 Å². The predicted octanol–water partition coefficient (Wildman–Crippen LogP) is 2.76. The largest absolute Gasteiger partial charge is 0.197 e. The summed E-state index contributed by atoms with van der Waals surface area (Å²) < 4.78 is 0. The fourth-order valence-electron chi connectivity index (χ4n) is 1.24. The molecule has 0 fully saturated rings. The molecule has 0 aliphatic rings. The number of rotatable bonds is 3. The molecule has 1 heterocycles. The van der Waals surface area contributed by atoms with E-state index < -0.39 is 0 Å². The fourth-order valence-corrected chi connectivity index (χ4v) is 1.51. The molecule has 1 aromatic heterocycles. The van der Waals surface area contributed by atoms with Crippen molar-refractivity contribution in [1.82, 2.24) is 15.4 Å². The molecule has 0 amide bonds. The molecule has 0 aliphatic carbocycles. The number of aromatic amines is 1. The average molecular weight is 252 g/mol. The summed E-state index contributed by atoms with van der Waals surface area (Å²) in [5.41, 5.74) is 2.97. The van der Waals surface area contributed by atoms with Crippen molar-refractivity contribution in [3.05, 3.63) is 29.8 Å². The number of H-pyrrole nitrogens is 1.